The second kappa shape index (κ2) is 5.50. The summed E-state index contributed by atoms with van der Waals surface area (Å²) in [6.45, 7) is 14.5. The van der Waals surface area contributed by atoms with Crippen LogP contribution in [0.5, 0.6) is 0 Å². The monoisotopic (exact) mass is 252 g/mol. The van der Waals surface area contributed by atoms with Gasteiger partial charge in [0, 0.05) is 25.7 Å². The summed E-state index contributed by atoms with van der Waals surface area (Å²) in [5.41, 5.74) is 1.12. The normalized spacial score (nSPS) is 27.2. The Kier molecular flexibility index (Phi) is 4.38. The SMILES string of the molecule is CC(C)NCC1(CN2CCC(C)(C)C2)CCCC1. The molecule has 0 atom stereocenters. The third kappa shape index (κ3) is 3.71. The second-order valence-corrected chi connectivity index (χ2v) is 7.87. The molecule has 106 valence electrons. The number of hydrogen-bond donors (Lipinski definition) is 1. The lowest BCUT2D eigenvalue weighted by Gasteiger charge is -2.35. The van der Waals surface area contributed by atoms with Crippen molar-refractivity contribution >= 4 is 0 Å². The second-order valence-electron chi connectivity index (χ2n) is 7.87. The van der Waals surface area contributed by atoms with Crippen LogP contribution in [0.15, 0.2) is 0 Å². The Hall–Kier alpha value is -0.0800. The predicted molar refractivity (Wildman–Crippen MR) is 78.9 cm³/mol. The van der Waals surface area contributed by atoms with E-state index in [2.05, 4.69) is 37.9 Å². The van der Waals surface area contributed by atoms with Crippen molar-refractivity contribution in [3.05, 3.63) is 0 Å². The highest BCUT2D eigenvalue weighted by molar-refractivity contribution is 4.93. The van der Waals surface area contributed by atoms with E-state index >= 15 is 0 Å². The third-order valence-electron chi connectivity index (χ3n) is 4.86. The lowest BCUT2D eigenvalue weighted by atomic mass is 9.85. The van der Waals surface area contributed by atoms with E-state index in [-0.39, 0.29) is 0 Å². The van der Waals surface area contributed by atoms with Gasteiger partial charge in [-0.2, -0.15) is 0 Å². The van der Waals surface area contributed by atoms with E-state index in [1.54, 1.807) is 0 Å². The summed E-state index contributed by atoms with van der Waals surface area (Å²) >= 11 is 0. The first kappa shape index (κ1) is 14.3. The maximum Gasteiger partial charge on any atom is 0.00504 e. The highest BCUT2D eigenvalue weighted by Crippen LogP contribution is 2.40. The van der Waals surface area contributed by atoms with Crippen LogP contribution in [0.25, 0.3) is 0 Å². The van der Waals surface area contributed by atoms with Crippen LogP contribution in [0.2, 0.25) is 0 Å². The van der Waals surface area contributed by atoms with Crippen LogP contribution in [0.4, 0.5) is 0 Å². The van der Waals surface area contributed by atoms with Gasteiger partial charge in [0.15, 0.2) is 0 Å². The summed E-state index contributed by atoms with van der Waals surface area (Å²) in [5, 5.41) is 3.70. The maximum atomic E-state index is 3.70. The van der Waals surface area contributed by atoms with E-state index in [1.165, 1.54) is 58.3 Å². The lowest BCUT2D eigenvalue weighted by Crippen LogP contribution is -2.43. The number of nitrogens with one attached hydrogen (secondary N) is 1. The summed E-state index contributed by atoms with van der Waals surface area (Å²) < 4.78 is 0. The van der Waals surface area contributed by atoms with Gasteiger partial charge in [0.05, 0.1) is 0 Å². The molecule has 0 spiro atoms. The van der Waals surface area contributed by atoms with Crippen LogP contribution in [-0.2, 0) is 0 Å². The molecule has 1 N–H and O–H groups in total. The van der Waals surface area contributed by atoms with E-state index in [4.69, 9.17) is 0 Å². The number of nitrogens with zero attached hydrogens (tertiary/aromatic N) is 1. The molecule has 2 heteroatoms. The molecule has 1 saturated carbocycles. The van der Waals surface area contributed by atoms with Crippen LogP contribution >= 0.6 is 0 Å². The number of likely N-dealkylation sites (tertiary alicyclic amines) is 1. The first-order valence-electron chi connectivity index (χ1n) is 7.87. The van der Waals surface area contributed by atoms with Crippen LogP contribution in [-0.4, -0.2) is 37.1 Å². The Bertz CT molecular complexity index is 264. The van der Waals surface area contributed by atoms with Crippen LogP contribution in [0.3, 0.4) is 0 Å². The molecule has 0 aromatic rings. The van der Waals surface area contributed by atoms with Crippen molar-refractivity contribution in [2.75, 3.05) is 26.2 Å². The zero-order valence-corrected chi connectivity index (χ0v) is 12.9. The molecule has 1 heterocycles. The summed E-state index contributed by atoms with van der Waals surface area (Å²) in [5.74, 6) is 0. The Morgan fingerprint density at radius 1 is 1.11 bits per heavy atom. The fourth-order valence-corrected chi connectivity index (χ4v) is 3.77. The average Bonchev–Trinajstić information content (AvgIpc) is 2.84. The van der Waals surface area contributed by atoms with Gasteiger partial charge in [-0.3, -0.25) is 0 Å². The largest absolute Gasteiger partial charge is 0.314 e. The number of rotatable bonds is 5. The fraction of sp³-hybridized carbons (Fsp3) is 1.00. The molecular weight excluding hydrogens is 220 g/mol. The van der Waals surface area contributed by atoms with Gasteiger partial charge in [-0.25, -0.2) is 0 Å². The standard InChI is InChI=1S/C16H32N2/c1-14(2)17-11-16(7-5-6-8-16)13-18-10-9-15(3,4)12-18/h14,17H,5-13H2,1-4H3. The van der Waals surface area contributed by atoms with Gasteiger partial charge >= 0.3 is 0 Å². The molecular formula is C16H32N2. The Morgan fingerprint density at radius 3 is 2.28 bits per heavy atom. The molecule has 1 aliphatic carbocycles. The first-order chi connectivity index (χ1) is 8.41. The average molecular weight is 252 g/mol. The molecule has 0 amide bonds. The van der Waals surface area contributed by atoms with E-state index < -0.39 is 0 Å². The van der Waals surface area contributed by atoms with Crippen molar-refractivity contribution in [3.8, 4) is 0 Å². The van der Waals surface area contributed by atoms with E-state index in [1.807, 2.05) is 0 Å². The first-order valence-corrected chi connectivity index (χ1v) is 7.87. The topological polar surface area (TPSA) is 15.3 Å². The van der Waals surface area contributed by atoms with E-state index in [0.717, 1.165) is 0 Å². The fourth-order valence-electron chi connectivity index (χ4n) is 3.77. The van der Waals surface area contributed by atoms with Gasteiger partial charge < -0.3 is 10.2 Å². The molecule has 1 saturated heterocycles. The quantitative estimate of drug-likeness (QED) is 0.808. The molecule has 2 fully saturated rings. The Morgan fingerprint density at radius 2 is 1.78 bits per heavy atom. The lowest BCUT2D eigenvalue weighted by molar-refractivity contribution is 0.158. The van der Waals surface area contributed by atoms with Crippen LogP contribution in [0.1, 0.15) is 59.8 Å². The minimum absolute atomic E-state index is 0.547. The van der Waals surface area contributed by atoms with E-state index in [9.17, 15) is 0 Å². The zero-order valence-electron chi connectivity index (χ0n) is 12.9. The predicted octanol–water partition coefficient (Wildman–Crippen LogP) is 3.28. The zero-order chi connectivity index (χ0) is 13.2. The van der Waals surface area contributed by atoms with Crippen molar-refractivity contribution in [1.82, 2.24) is 10.2 Å². The Labute approximate surface area is 114 Å². The molecule has 2 rings (SSSR count). The summed E-state index contributed by atoms with van der Waals surface area (Å²) in [4.78, 5) is 2.73. The highest BCUT2D eigenvalue weighted by Gasteiger charge is 2.38. The third-order valence-corrected chi connectivity index (χ3v) is 4.86. The van der Waals surface area contributed by atoms with Gasteiger partial charge in [-0.05, 0) is 36.6 Å². The molecule has 2 nitrogen and oxygen atoms in total. The van der Waals surface area contributed by atoms with Crippen molar-refractivity contribution in [2.24, 2.45) is 10.8 Å². The van der Waals surface area contributed by atoms with Crippen molar-refractivity contribution in [2.45, 2.75) is 65.8 Å². The van der Waals surface area contributed by atoms with Crippen LogP contribution < -0.4 is 5.32 Å². The van der Waals surface area contributed by atoms with Gasteiger partial charge in [0.1, 0.15) is 0 Å². The molecule has 0 aromatic heterocycles. The van der Waals surface area contributed by atoms with Crippen molar-refractivity contribution < 1.29 is 0 Å². The van der Waals surface area contributed by atoms with Gasteiger partial charge in [0.2, 0.25) is 0 Å². The van der Waals surface area contributed by atoms with Gasteiger partial charge in [0.25, 0.3) is 0 Å². The van der Waals surface area contributed by atoms with Crippen molar-refractivity contribution in [3.63, 3.8) is 0 Å². The minimum Gasteiger partial charge on any atom is -0.314 e. The summed E-state index contributed by atoms with van der Waals surface area (Å²) in [7, 11) is 0. The molecule has 1 aliphatic heterocycles. The van der Waals surface area contributed by atoms with Gasteiger partial charge in [-0.15, -0.1) is 0 Å². The molecule has 0 unspecified atom stereocenters. The van der Waals surface area contributed by atoms with Gasteiger partial charge in [-0.1, -0.05) is 40.5 Å². The molecule has 18 heavy (non-hydrogen) atoms. The molecule has 2 aliphatic rings. The maximum absolute atomic E-state index is 3.70. The molecule has 0 aromatic carbocycles. The molecule has 0 radical (unpaired) electrons. The summed E-state index contributed by atoms with van der Waals surface area (Å²) in [6.07, 6.45) is 7.13. The van der Waals surface area contributed by atoms with Crippen LogP contribution in [0, 0.1) is 10.8 Å². The number of hydrogen-bond acceptors (Lipinski definition) is 2. The van der Waals surface area contributed by atoms with Crippen molar-refractivity contribution in [1.29, 1.82) is 0 Å². The Balaban J connectivity index is 1.90. The highest BCUT2D eigenvalue weighted by atomic mass is 15.2. The minimum atomic E-state index is 0.547. The molecule has 0 bridgehead atoms. The smallest absolute Gasteiger partial charge is 0.00504 e. The van der Waals surface area contributed by atoms with E-state index in [0.29, 0.717) is 16.9 Å². The summed E-state index contributed by atoms with van der Waals surface area (Å²) in [6, 6.07) is 0.623.